The third-order valence-electron chi connectivity index (χ3n) is 3.09. The van der Waals surface area contributed by atoms with Gasteiger partial charge in [0.05, 0.1) is 0 Å². The molecule has 0 saturated carbocycles. The number of Topliss-reactive ketones (excluding diaryl/α,β-unsaturated/α-hetero) is 1. The SMILES string of the molecule is CCC(=O)C(O)c1cc(C(C)(C)C)ccc1C. The lowest BCUT2D eigenvalue weighted by atomic mass is 9.84. The molecule has 0 fully saturated rings. The predicted molar refractivity (Wildman–Crippen MR) is 70.1 cm³/mol. The van der Waals surface area contributed by atoms with Crippen LogP contribution in [-0.2, 0) is 10.2 Å². The average molecular weight is 234 g/mol. The minimum atomic E-state index is -0.984. The molecular weight excluding hydrogens is 212 g/mol. The van der Waals surface area contributed by atoms with Crippen molar-refractivity contribution >= 4 is 5.78 Å². The van der Waals surface area contributed by atoms with Gasteiger partial charge in [-0.3, -0.25) is 4.79 Å². The van der Waals surface area contributed by atoms with E-state index in [1.807, 2.05) is 19.1 Å². The van der Waals surface area contributed by atoms with Crippen LogP contribution >= 0.6 is 0 Å². The lowest BCUT2D eigenvalue weighted by Gasteiger charge is -2.22. The Bertz CT molecular complexity index is 413. The van der Waals surface area contributed by atoms with E-state index >= 15 is 0 Å². The largest absolute Gasteiger partial charge is 0.381 e. The van der Waals surface area contributed by atoms with Crippen molar-refractivity contribution in [2.45, 2.75) is 52.6 Å². The molecule has 0 bridgehead atoms. The number of benzene rings is 1. The van der Waals surface area contributed by atoms with Crippen LogP contribution in [0.1, 0.15) is 56.9 Å². The van der Waals surface area contributed by atoms with Crippen LogP contribution in [0, 0.1) is 6.92 Å². The highest BCUT2D eigenvalue weighted by atomic mass is 16.3. The summed E-state index contributed by atoms with van der Waals surface area (Å²) in [6, 6.07) is 5.98. The molecule has 1 aromatic carbocycles. The van der Waals surface area contributed by atoms with E-state index in [0.717, 1.165) is 16.7 Å². The minimum absolute atomic E-state index is 0.0252. The van der Waals surface area contributed by atoms with Gasteiger partial charge in [-0.15, -0.1) is 0 Å². The molecule has 0 heterocycles. The lowest BCUT2D eigenvalue weighted by Crippen LogP contribution is -2.16. The maximum atomic E-state index is 11.6. The van der Waals surface area contributed by atoms with Crippen LogP contribution in [0.15, 0.2) is 18.2 Å². The number of carbonyl (C=O) groups is 1. The monoisotopic (exact) mass is 234 g/mol. The molecule has 0 aromatic heterocycles. The van der Waals surface area contributed by atoms with Crippen molar-refractivity contribution in [3.63, 3.8) is 0 Å². The summed E-state index contributed by atoms with van der Waals surface area (Å²) in [6.07, 6.45) is -0.623. The van der Waals surface area contributed by atoms with E-state index in [1.165, 1.54) is 0 Å². The summed E-state index contributed by atoms with van der Waals surface area (Å²) in [4.78, 5) is 11.6. The fourth-order valence-corrected chi connectivity index (χ4v) is 1.77. The van der Waals surface area contributed by atoms with Crippen LogP contribution in [0.25, 0.3) is 0 Å². The molecule has 1 atom stereocenters. The Labute approximate surface area is 104 Å². The fraction of sp³-hybridized carbons (Fsp3) is 0.533. The van der Waals surface area contributed by atoms with Gasteiger partial charge in [-0.2, -0.15) is 0 Å². The number of hydrogen-bond donors (Lipinski definition) is 1. The van der Waals surface area contributed by atoms with Crippen LogP contribution in [-0.4, -0.2) is 10.9 Å². The van der Waals surface area contributed by atoms with Crippen molar-refractivity contribution in [3.05, 3.63) is 34.9 Å². The molecule has 0 amide bonds. The summed E-state index contributed by atoms with van der Waals surface area (Å²) in [5.41, 5.74) is 2.87. The summed E-state index contributed by atoms with van der Waals surface area (Å²) in [5, 5.41) is 10.0. The van der Waals surface area contributed by atoms with Crippen molar-refractivity contribution < 1.29 is 9.90 Å². The number of hydrogen-bond acceptors (Lipinski definition) is 2. The van der Waals surface area contributed by atoms with E-state index < -0.39 is 6.10 Å². The first-order chi connectivity index (χ1) is 7.77. The second-order valence-corrected chi connectivity index (χ2v) is 5.54. The van der Waals surface area contributed by atoms with Gasteiger partial charge in [0.1, 0.15) is 6.10 Å². The van der Waals surface area contributed by atoms with Gasteiger partial charge >= 0.3 is 0 Å². The third kappa shape index (κ3) is 3.16. The Hall–Kier alpha value is -1.15. The Balaban J connectivity index is 3.20. The molecule has 94 valence electrons. The van der Waals surface area contributed by atoms with Gasteiger partial charge in [-0.1, -0.05) is 45.9 Å². The second kappa shape index (κ2) is 5.01. The van der Waals surface area contributed by atoms with Crippen LogP contribution in [0.5, 0.6) is 0 Å². The van der Waals surface area contributed by atoms with Crippen LogP contribution in [0.2, 0.25) is 0 Å². The molecule has 1 aromatic rings. The number of rotatable bonds is 3. The Morgan fingerprint density at radius 2 is 1.94 bits per heavy atom. The molecule has 0 spiro atoms. The number of aliphatic hydroxyl groups excluding tert-OH is 1. The van der Waals surface area contributed by atoms with Crippen LogP contribution in [0.3, 0.4) is 0 Å². The van der Waals surface area contributed by atoms with Gasteiger partial charge in [-0.25, -0.2) is 0 Å². The van der Waals surface area contributed by atoms with E-state index in [0.29, 0.717) is 6.42 Å². The molecule has 1 rings (SSSR count). The molecular formula is C15H22O2. The van der Waals surface area contributed by atoms with Crippen LogP contribution in [0.4, 0.5) is 0 Å². The zero-order valence-electron chi connectivity index (χ0n) is 11.4. The highest BCUT2D eigenvalue weighted by Gasteiger charge is 2.21. The molecule has 0 radical (unpaired) electrons. The van der Waals surface area contributed by atoms with Gasteiger partial charge in [-0.05, 0) is 29.0 Å². The smallest absolute Gasteiger partial charge is 0.165 e. The van der Waals surface area contributed by atoms with E-state index in [1.54, 1.807) is 6.92 Å². The molecule has 0 saturated heterocycles. The standard InChI is InChI=1S/C15H22O2/c1-6-13(16)14(17)12-9-11(15(3,4)5)8-7-10(12)2/h7-9,14,17H,6H2,1-5H3. The van der Waals surface area contributed by atoms with Gasteiger partial charge in [0.2, 0.25) is 0 Å². The molecule has 0 aliphatic rings. The molecule has 2 nitrogen and oxygen atoms in total. The summed E-state index contributed by atoms with van der Waals surface area (Å²) in [6.45, 7) is 10.1. The minimum Gasteiger partial charge on any atom is -0.381 e. The van der Waals surface area contributed by atoms with Crippen molar-refractivity contribution in [1.82, 2.24) is 0 Å². The van der Waals surface area contributed by atoms with Crippen molar-refractivity contribution in [2.75, 3.05) is 0 Å². The molecule has 1 N–H and O–H groups in total. The number of aliphatic hydroxyl groups is 1. The van der Waals surface area contributed by atoms with Crippen molar-refractivity contribution in [1.29, 1.82) is 0 Å². The van der Waals surface area contributed by atoms with E-state index in [-0.39, 0.29) is 11.2 Å². The number of ketones is 1. The van der Waals surface area contributed by atoms with Crippen molar-refractivity contribution in [2.24, 2.45) is 0 Å². The maximum absolute atomic E-state index is 11.6. The highest BCUT2D eigenvalue weighted by molar-refractivity contribution is 5.84. The van der Waals surface area contributed by atoms with E-state index in [4.69, 9.17) is 0 Å². The summed E-state index contributed by atoms with van der Waals surface area (Å²) >= 11 is 0. The topological polar surface area (TPSA) is 37.3 Å². The Morgan fingerprint density at radius 3 is 2.41 bits per heavy atom. The van der Waals surface area contributed by atoms with Gasteiger partial charge in [0, 0.05) is 6.42 Å². The number of aryl methyl sites for hydroxylation is 1. The summed E-state index contributed by atoms with van der Waals surface area (Å²) in [5.74, 6) is -0.126. The third-order valence-corrected chi connectivity index (χ3v) is 3.09. The Morgan fingerprint density at radius 1 is 1.35 bits per heavy atom. The Kier molecular flexibility index (Phi) is 4.10. The quantitative estimate of drug-likeness (QED) is 0.871. The lowest BCUT2D eigenvalue weighted by molar-refractivity contribution is -0.127. The normalized spacial score (nSPS) is 13.5. The summed E-state index contributed by atoms with van der Waals surface area (Å²) in [7, 11) is 0. The summed E-state index contributed by atoms with van der Waals surface area (Å²) < 4.78 is 0. The first-order valence-electron chi connectivity index (χ1n) is 6.09. The molecule has 2 heteroatoms. The van der Waals surface area contributed by atoms with Crippen molar-refractivity contribution in [3.8, 4) is 0 Å². The zero-order valence-corrected chi connectivity index (χ0v) is 11.4. The van der Waals surface area contributed by atoms with E-state index in [2.05, 4.69) is 26.8 Å². The fourth-order valence-electron chi connectivity index (χ4n) is 1.77. The predicted octanol–water partition coefficient (Wildman–Crippen LogP) is 3.31. The average Bonchev–Trinajstić information content (AvgIpc) is 2.26. The molecule has 0 aliphatic carbocycles. The maximum Gasteiger partial charge on any atom is 0.165 e. The molecule has 17 heavy (non-hydrogen) atoms. The van der Waals surface area contributed by atoms with Gasteiger partial charge in [0.25, 0.3) is 0 Å². The second-order valence-electron chi connectivity index (χ2n) is 5.54. The van der Waals surface area contributed by atoms with Crippen LogP contribution < -0.4 is 0 Å². The van der Waals surface area contributed by atoms with Gasteiger partial charge < -0.3 is 5.11 Å². The first kappa shape index (κ1) is 13.9. The highest BCUT2D eigenvalue weighted by Crippen LogP contribution is 2.28. The first-order valence-corrected chi connectivity index (χ1v) is 6.09. The van der Waals surface area contributed by atoms with Gasteiger partial charge in [0.15, 0.2) is 5.78 Å². The molecule has 0 aliphatic heterocycles. The van der Waals surface area contributed by atoms with E-state index in [9.17, 15) is 9.90 Å². The number of carbonyl (C=O) groups excluding carboxylic acids is 1. The zero-order chi connectivity index (χ0) is 13.2. The molecule has 1 unspecified atom stereocenters.